The molecule has 33 heavy (non-hydrogen) atoms. The van der Waals surface area contributed by atoms with Crippen LogP contribution in [0.3, 0.4) is 0 Å². The zero-order valence-corrected chi connectivity index (χ0v) is 18.6. The second-order valence-corrected chi connectivity index (χ2v) is 9.77. The summed E-state index contributed by atoms with van der Waals surface area (Å²) in [7, 11) is 0. The molecular weight excluding hydrogens is 424 g/mol. The Labute approximate surface area is 192 Å². The number of hydrogen-bond donors (Lipinski definition) is 2. The molecule has 3 atom stereocenters. The summed E-state index contributed by atoms with van der Waals surface area (Å²) in [5, 5.41) is 11.6. The minimum absolute atomic E-state index is 0.184. The van der Waals surface area contributed by atoms with Crippen molar-refractivity contribution in [1.82, 2.24) is 9.97 Å². The topological polar surface area (TPSA) is 129 Å². The normalized spacial score (nSPS) is 30.0. The monoisotopic (exact) mass is 455 g/mol. The molecule has 3 saturated heterocycles. The van der Waals surface area contributed by atoms with Crippen molar-refractivity contribution in [2.45, 2.75) is 56.3 Å². The van der Waals surface area contributed by atoms with Crippen LogP contribution < -0.4 is 5.73 Å². The van der Waals surface area contributed by atoms with Gasteiger partial charge in [-0.15, -0.1) is 0 Å². The maximum atomic E-state index is 13.5. The third-order valence-electron chi connectivity index (χ3n) is 8.02. The highest BCUT2D eigenvalue weighted by Crippen LogP contribution is 2.45. The number of esters is 1. The summed E-state index contributed by atoms with van der Waals surface area (Å²) in [5.74, 6) is -0.566. The van der Waals surface area contributed by atoms with Crippen LogP contribution in [0.2, 0.25) is 0 Å². The van der Waals surface area contributed by atoms with Gasteiger partial charge in [-0.05, 0) is 31.0 Å². The fraction of sp³-hybridized carbons (Fsp3) is 0.583. The molecule has 4 fully saturated rings. The number of aromatic nitrogens is 2. The van der Waals surface area contributed by atoms with Gasteiger partial charge in [-0.2, -0.15) is 0 Å². The first-order valence-corrected chi connectivity index (χ1v) is 11.8. The first-order chi connectivity index (χ1) is 15.9. The van der Waals surface area contributed by atoms with Gasteiger partial charge in [0.05, 0.1) is 19.4 Å². The lowest BCUT2D eigenvalue weighted by atomic mass is 9.80. The molecule has 2 unspecified atom stereocenters. The highest BCUT2D eigenvalue weighted by molar-refractivity contribution is 5.81. The van der Waals surface area contributed by atoms with Crippen LogP contribution >= 0.6 is 0 Å². The minimum atomic E-state index is -1.80. The van der Waals surface area contributed by atoms with Crippen LogP contribution in [0.1, 0.15) is 56.2 Å². The van der Waals surface area contributed by atoms with Gasteiger partial charge in [-0.25, -0.2) is 14.8 Å². The molecule has 6 rings (SSSR count). The smallest absolute Gasteiger partial charge is 0.346 e. The number of carbonyl (C=O) groups excluding carboxylic acids is 2. The first kappa shape index (κ1) is 22.0. The average molecular weight is 456 g/mol. The second-order valence-electron chi connectivity index (χ2n) is 9.77. The maximum absolute atomic E-state index is 13.5. The quantitative estimate of drug-likeness (QED) is 0.481. The summed E-state index contributed by atoms with van der Waals surface area (Å²) in [6.07, 6.45) is 9.28. The van der Waals surface area contributed by atoms with E-state index in [4.69, 9.17) is 14.9 Å². The number of quaternary nitrogens is 1. The van der Waals surface area contributed by atoms with Crippen molar-refractivity contribution >= 4 is 11.9 Å². The molecule has 1 aliphatic carbocycles. The summed E-state index contributed by atoms with van der Waals surface area (Å²) in [6, 6.07) is 4.31. The van der Waals surface area contributed by atoms with E-state index in [1.54, 1.807) is 30.6 Å². The van der Waals surface area contributed by atoms with Gasteiger partial charge in [-0.3, -0.25) is 4.79 Å². The van der Waals surface area contributed by atoms with Crippen LogP contribution in [0.25, 0.3) is 0 Å². The standard InChI is InChI=1S/C24H30N4O5/c25-21(29)20(22-26-10-4-11-27-22)28-12-8-16(9-13-28)18(15-28)33-23(30)24(31,17-5-1-2-6-17)19-7-3-14-32-19/h3-4,7,10-11,14,16-18,20,31H,1-2,5-6,8-9,12-13,15H2,(H-,25,29)/p+1/t16?,18-,20?,24?,28?/m0/s1. The molecule has 176 valence electrons. The molecule has 2 aromatic rings. The van der Waals surface area contributed by atoms with Gasteiger partial charge in [0.25, 0.3) is 5.91 Å². The molecule has 9 heteroatoms. The maximum Gasteiger partial charge on any atom is 0.346 e. The summed E-state index contributed by atoms with van der Waals surface area (Å²) in [6.45, 7) is 1.94. The lowest BCUT2D eigenvalue weighted by Gasteiger charge is -2.54. The Morgan fingerprint density at radius 2 is 1.85 bits per heavy atom. The molecule has 9 nitrogen and oxygen atoms in total. The minimum Gasteiger partial charge on any atom is -0.466 e. The molecule has 1 saturated carbocycles. The zero-order valence-electron chi connectivity index (χ0n) is 18.6. The van der Waals surface area contributed by atoms with Gasteiger partial charge in [0.15, 0.2) is 11.9 Å². The second kappa shape index (κ2) is 8.53. The third-order valence-corrected chi connectivity index (χ3v) is 8.02. The number of piperidine rings is 3. The van der Waals surface area contributed by atoms with Crippen LogP contribution in [0, 0.1) is 11.8 Å². The molecule has 1 amide bonds. The lowest BCUT2D eigenvalue weighted by Crippen LogP contribution is -2.68. The van der Waals surface area contributed by atoms with E-state index in [1.807, 2.05) is 0 Å². The van der Waals surface area contributed by atoms with E-state index in [-0.39, 0.29) is 17.6 Å². The van der Waals surface area contributed by atoms with Crippen LogP contribution in [-0.2, 0) is 19.9 Å². The van der Waals surface area contributed by atoms with Gasteiger partial charge in [0.2, 0.25) is 11.6 Å². The van der Waals surface area contributed by atoms with Crippen LogP contribution in [-0.4, -0.2) is 57.2 Å². The van der Waals surface area contributed by atoms with Crippen molar-refractivity contribution in [3.05, 3.63) is 48.4 Å². The van der Waals surface area contributed by atoms with Crippen molar-refractivity contribution in [3.63, 3.8) is 0 Å². The third kappa shape index (κ3) is 3.73. The predicted octanol–water partition coefficient (Wildman–Crippen LogP) is 1.83. The van der Waals surface area contributed by atoms with E-state index in [0.29, 0.717) is 16.9 Å². The number of ether oxygens (including phenoxy) is 1. The van der Waals surface area contributed by atoms with Crippen molar-refractivity contribution in [2.24, 2.45) is 17.6 Å². The largest absolute Gasteiger partial charge is 0.466 e. The number of nitrogens with zero attached hydrogens (tertiary/aromatic N) is 3. The number of amides is 1. The Bertz CT molecular complexity index is 984. The number of aliphatic hydroxyl groups is 1. The number of nitrogens with two attached hydrogens (primary N) is 1. The highest BCUT2D eigenvalue weighted by atomic mass is 16.6. The van der Waals surface area contributed by atoms with Crippen LogP contribution in [0.15, 0.2) is 41.3 Å². The van der Waals surface area contributed by atoms with E-state index in [0.717, 1.165) is 51.6 Å². The van der Waals surface area contributed by atoms with Crippen LogP contribution in [0.4, 0.5) is 0 Å². The van der Waals surface area contributed by atoms with Gasteiger partial charge < -0.3 is 24.5 Å². The van der Waals surface area contributed by atoms with Crippen molar-refractivity contribution in [3.8, 4) is 0 Å². The Kier molecular flexibility index (Phi) is 5.70. The molecule has 4 aliphatic rings. The molecule has 3 N–H and O–H groups in total. The number of rotatable bonds is 7. The van der Waals surface area contributed by atoms with Crippen molar-refractivity contribution < 1.29 is 28.3 Å². The van der Waals surface area contributed by atoms with Crippen LogP contribution in [0.5, 0.6) is 0 Å². The van der Waals surface area contributed by atoms with Crippen molar-refractivity contribution in [1.29, 1.82) is 0 Å². The fourth-order valence-electron chi connectivity index (χ4n) is 6.29. The van der Waals surface area contributed by atoms with E-state index < -0.39 is 29.6 Å². The van der Waals surface area contributed by atoms with Gasteiger partial charge in [0.1, 0.15) is 12.3 Å². The van der Waals surface area contributed by atoms with Gasteiger partial charge in [-0.1, -0.05) is 12.8 Å². The molecule has 5 heterocycles. The van der Waals surface area contributed by atoms with E-state index in [9.17, 15) is 14.7 Å². The molecule has 2 aromatic heterocycles. The number of carbonyl (C=O) groups is 2. The molecular formula is C24H31N4O5+. The molecule has 2 bridgehead atoms. The SMILES string of the molecule is NC(=O)C(c1ncccn1)[N+]12CCC(CC1)[C@@H](OC(=O)C(O)(c1ccco1)C1CCCC1)C2. The molecule has 0 spiro atoms. The predicted molar refractivity (Wildman–Crippen MR) is 116 cm³/mol. The van der Waals surface area contributed by atoms with Crippen molar-refractivity contribution in [2.75, 3.05) is 19.6 Å². The molecule has 0 aromatic carbocycles. The first-order valence-electron chi connectivity index (χ1n) is 11.8. The van der Waals surface area contributed by atoms with E-state index in [2.05, 4.69) is 9.97 Å². The summed E-state index contributed by atoms with van der Waals surface area (Å²) >= 11 is 0. The highest BCUT2D eigenvalue weighted by Gasteiger charge is 2.57. The summed E-state index contributed by atoms with van der Waals surface area (Å²) in [5.41, 5.74) is 4.04. The van der Waals surface area contributed by atoms with E-state index in [1.165, 1.54) is 6.26 Å². The summed E-state index contributed by atoms with van der Waals surface area (Å²) in [4.78, 5) is 34.7. The molecule has 0 radical (unpaired) electrons. The molecule has 3 aliphatic heterocycles. The Morgan fingerprint density at radius 1 is 1.15 bits per heavy atom. The number of hydrogen-bond acceptors (Lipinski definition) is 7. The number of furan rings is 1. The number of primary amides is 1. The lowest BCUT2D eigenvalue weighted by molar-refractivity contribution is -0.965. The Balaban J connectivity index is 1.41. The Morgan fingerprint density at radius 3 is 2.45 bits per heavy atom. The zero-order chi connectivity index (χ0) is 23.1. The Hall–Kier alpha value is -2.78. The number of fused-ring (bicyclic) bond motifs is 3. The van der Waals surface area contributed by atoms with E-state index >= 15 is 0 Å². The average Bonchev–Trinajstić information content (AvgIpc) is 3.55. The summed E-state index contributed by atoms with van der Waals surface area (Å²) < 4.78 is 11.9. The fourth-order valence-corrected chi connectivity index (χ4v) is 6.29. The van der Waals surface area contributed by atoms with Gasteiger partial charge >= 0.3 is 5.97 Å². The van der Waals surface area contributed by atoms with Gasteiger partial charge in [0, 0.05) is 37.1 Å².